The van der Waals surface area contributed by atoms with Gasteiger partial charge >= 0.3 is 0 Å². The number of carbonyl (C=O) groups excluding carboxylic acids is 1. The Morgan fingerprint density at radius 1 is 1.50 bits per heavy atom. The van der Waals surface area contributed by atoms with Gasteiger partial charge in [-0.3, -0.25) is 4.79 Å². The number of nitrogens with one attached hydrogen (secondary N) is 2. The van der Waals surface area contributed by atoms with Crippen molar-refractivity contribution in [2.45, 2.75) is 32.0 Å². The van der Waals surface area contributed by atoms with Crippen LogP contribution in [0.25, 0.3) is 0 Å². The smallest absolute Gasteiger partial charge is 0.243 e. The summed E-state index contributed by atoms with van der Waals surface area (Å²) in [7, 11) is 0. The SMILES string of the molecule is C=CC(=O)NC1CSCC1NC(C)C. The number of hydrogen-bond donors (Lipinski definition) is 2. The summed E-state index contributed by atoms with van der Waals surface area (Å²) in [6, 6.07) is 1.10. The fourth-order valence-electron chi connectivity index (χ4n) is 1.53. The van der Waals surface area contributed by atoms with Crippen LogP contribution >= 0.6 is 11.8 Å². The lowest BCUT2D eigenvalue weighted by Crippen LogP contribution is -2.50. The second kappa shape index (κ2) is 5.41. The third-order valence-corrected chi connectivity index (χ3v) is 3.33. The third kappa shape index (κ3) is 3.35. The zero-order valence-corrected chi connectivity index (χ0v) is 9.56. The van der Waals surface area contributed by atoms with Crippen molar-refractivity contribution in [3.63, 3.8) is 0 Å². The van der Waals surface area contributed by atoms with E-state index in [9.17, 15) is 4.79 Å². The number of amides is 1. The molecule has 1 rings (SSSR count). The number of carbonyl (C=O) groups is 1. The second-order valence-corrected chi connectivity index (χ2v) is 4.86. The molecule has 1 fully saturated rings. The fourth-order valence-corrected chi connectivity index (χ4v) is 2.82. The summed E-state index contributed by atoms with van der Waals surface area (Å²) in [4.78, 5) is 11.1. The number of hydrogen-bond acceptors (Lipinski definition) is 3. The molecule has 2 unspecified atom stereocenters. The van der Waals surface area contributed by atoms with Crippen molar-refractivity contribution in [3.8, 4) is 0 Å². The van der Waals surface area contributed by atoms with Crippen molar-refractivity contribution in [1.29, 1.82) is 0 Å². The first-order valence-electron chi connectivity index (χ1n) is 4.90. The Labute approximate surface area is 89.7 Å². The summed E-state index contributed by atoms with van der Waals surface area (Å²) in [6.07, 6.45) is 1.33. The minimum absolute atomic E-state index is 0.0759. The lowest BCUT2D eigenvalue weighted by atomic mass is 10.1. The predicted octanol–water partition coefficient (Wildman–Crippen LogP) is 0.771. The van der Waals surface area contributed by atoms with E-state index in [0.29, 0.717) is 12.1 Å². The molecule has 0 aromatic heterocycles. The highest BCUT2D eigenvalue weighted by atomic mass is 32.2. The van der Waals surface area contributed by atoms with E-state index in [2.05, 4.69) is 31.1 Å². The second-order valence-electron chi connectivity index (χ2n) is 3.78. The van der Waals surface area contributed by atoms with Crippen molar-refractivity contribution in [3.05, 3.63) is 12.7 Å². The molecule has 1 aliphatic rings. The van der Waals surface area contributed by atoms with E-state index < -0.39 is 0 Å². The van der Waals surface area contributed by atoms with Gasteiger partial charge in [0.2, 0.25) is 5.91 Å². The van der Waals surface area contributed by atoms with Crippen LogP contribution in [0.15, 0.2) is 12.7 Å². The van der Waals surface area contributed by atoms with Gasteiger partial charge < -0.3 is 10.6 Å². The minimum atomic E-state index is -0.0759. The summed E-state index contributed by atoms with van der Waals surface area (Å²) in [5.41, 5.74) is 0. The first-order valence-corrected chi connectivity index (χ1v) is 6.05. The van der Waals surface area contributed by atoms with E-state index in [1.165, 1.54) is 6.08 Å². The molecule has 3 nitrogen and oxygen atoms in total. The van der Waals surface area contributed by atoms with Crippen molar-refractivity contribution in [2.75, 3.05) is 11.5 Å². The number of thioether (sulfide) groups is 1. The van der Waals surface area contributed by atoms with Gasteiger partial charge in [0.25, 0.3) is 0 Å². The molecule has 0 radical (unpaired) electrons. The normalized spacial score (nSPS) is 26.5. The molecule has 0 spiro atoms. The van der Waals surface area contributed by atoms with Crippen LogP contribution in [0.2, 0.25) is 0 Å². The summed E-state index contributed by atoms with van der Waals surface area (Å²) in [5, 5.41) is 6.40. The molecule has 1 amide bonds. The molecule has 1 aliphatic heterocycles. The van der Waals surface area contributed by atoms with Crippen LogP contribution in [0, 0.1) is 0 Å². The lowest BCUT2D eigenvalue weighted by Gasteiger charge is -2.22. The zero-order valence-electron chi connectivity index (χ0n) is 8.75. The Bertz CT molecular complexity index is 218. The van der Waals surface area contributed by atoms with Gasteiger partial charge in [-0.25, -0.2) is 0 Å². The van der Waals surface area contributed by atoms with Crippen LogP contribution in [0.1, 0.15) is 13.8 Å². The summed E-state index contributed by atoms with van der Waals surface area (Å²) in [5.74, 6) is 1.98. The molecule has 0 bridgehead atoms. The average molecular weight is 214 g/mol. The molecule has 0 aromatic rings. The Kier molecular flexibility index (Phi) is 4.48. The summed E-state index contributed by atoms with van der Waals surface area (Å²) >= 11 is 1.87. The van der Waals surface area contributed by atoms with Gasteiger partial charge in [0, 0.05) is 23.6 Å². The predicted molar refractivity (Wildman–Crippen MR) is 61.5 cm³/mol. The first-order chi connectivity index (χ1) is 6.63. The molecule has 1 heterocycles. The van der Waals surface area contributed by atoms with E-state index in [-0.39, 0.29) is 11.9 Å². The molecule has 0 saturated carbocycles. The van der Waals surface area contributed by atoms with E-state index in [0.717, 1.165) is 11.5 Å². The molecule has 1 saturated heterocycles. The molecular formula is C10H18N2OS. The van der Waals surface area contributed by atoms with Crippen molar-refractivity contribution < 1.29 is 4.79 Å². The van der Waals surface area contributed by atoms with Gasteiger partial charge in [0.15, 0.2) is 0 Å². The highest BCUT2D eigenvalue weighted by Crippen LogP contribution is 2.18. The van der Waals surface area contributed by atoms with Crippen LogP contribution in [0.3, 0.4) is 0 Å². The Hall–Kier alpha value is -0.480. The first kappa shape index (κ1) is 11.6. The Morgan fingerprint density at radius 2 is 2.14 bits per heavy atom. The molecule has 2 N–H and O–H groups in total. The summed E-state index contributed by atoms with van der Waals surface area (Å²) < 4.78 is 0. The van der Waals surface area contributed by atoms with Gasteiger partial charge in [0.1, 0.15) is 0 Å². The van der Waals surface area contributed by atoms with Crippen LogP contribution in [-0.4, -0.2) is 35.5 Å². The maximum Gasteiger partial charge on any atom is 0.243 e. The van der Waals surface area contributed by atoms with E-state index >= 15 is 0 Å². The molecular weight excluding hydrogens is 196 g/mol. The van der Waals surface area contributed by atoms with Crippen molar-refractivity contribution in [1.82, 2.24) is 10.6 Å². The molecule has 0 aromatic carbocycles. The van der Waals surface area contributed by atoms with E-state index in [1.54, 1.807) is 0 Å². The van der Waals surface area contributed by atoms with Crippen molar-refractivity contribution >= 4 is 17.7 Å². The Morgan fingerprint density at radius 3 is 2.71 bits per heavy atom. The van der Waals surface area contributed by atoms with Gasteiger partial charge in [0.05, 0.1) is 6.04 Å². The van der Waals surface area contributed by atoms with Crippen LogP contribution < -0.4 is 10.6 Å². The van der Waals surface area contributed by atoms with Gasteiger partial charge in [-0.2, -0.15) is 11.8 Å². The fraction of sp³-hybridized carbons (Fsp3) is 0.700. The number of rotatable bonds is 4. The molecule has 14 heavy (non-hydrogen) atoms. The van der Waals surface area contributed by atoms with Crippen LogP contribution in [0.5, 0.6) is 0 Å². The highest BCUT2D eigenvalue weighted by molar-refractivity contribution is 7.99. The van der Waals surface area contributed by atoms with Crippen LogP contribution in [-0.2, 0) is 4.79 Å². The van der Waals surface area contributed by atoms with E-state index in [4.69, 9.17) is 0 Å². The molecule has 0 aliphatic carbocycles. The largest absolute Gasteiger partial charge is 0.347 e. The molecule has 2 atom stereocenters. The lowest BCUT2D eigenvalue weighted by molar-refractivity contribution is -0.117. The highest BCUT2D eigenvalue weighted by Gasteiger charge is 2.28. The minimum Gasteiger partial charge on any atom is -0.347 e. The molecule has 80 valence electrons. The quantitative estimate of drug-likeness (QED) is 0.679. The standard InChI is InChI=1S/C10H18N2OS/c1-4-10(13)12-9-6-14-5-8(9)11-7(2)3/h4,7-9,11H,1,5-6H2,2-3H3,(H,12,13). The van der Waals surface area contributed by atoms with Gasteiger partial charge in [-0.05, 0) is 6.08 Å². The summed E-state index contributed by atoms with van der Waals surface area (Å²) in [6.45, 7) is 7.69. The van der Waals surface area contributed by atoms with Crippen LogP contribution in [0.4, 0.5) is 0 Å². The zero-order chi connectivity index (χ0) is 10.6. The van der Waals surface area contributed by atoms with E-state index in [1.807, 2.05) is 11.8 Å². The third-order valence-electron chi connectivity index (χ3n) is 2.14. The average Bonchev–Trinajstić information content (AvgIpc) is 2.52. The van der Waals surface area contributed by atoms with Gasteiger partial charge in [-0.1, -0.05) is 20.4 Å². The van der Waals surface area contributed by atoms with Gasteiger partial charge in [-0.15, -0.1) is 0 Å². The maximum absolute atomic E-state index is 11.1. The van der Waals surface area contributed by atoms with Crippen molar-refractivity contribution in [2.24, 2.45) is 0 Å². The Balaban J connectivity index is 2.42. The molecule has 4 heteroatoms. The topological polar surface area (TPSA) is 41.1 Å². The maximum atomic E-state index is 11.1. The monoisotopic (exact) mass is 214 g/mol.